The molecule has 1 aromatic carbocycles. The smallest absolute Gasteiger partial charge is 0.335 e. The van der Waals surface area contributed by atoms with Crippen molar-refractivity contribution in [2.75, 3.05) is 6.61 Å². The number of hydrogen-bond acceptors (Lipinski definition) is 4. The molecule has 0 amide bonds. The molecule has 1 aliphatic rings. The Labute approximate surface area is 93.8 Å². The maximum Gasteiger partial charge on any atom is 0.335 e. The van der Waals surface area contributed by atoms with Gasteiger partial charge in [-0.15, -0.1) is 0 Å². The second kappa shape index (κ2) is 5.09. The zero-order valence-electron chi connectivity index (χ0n) is 8.83. The lowest BCUT2D eigenvalue weighted by atomic mass is 10.2. The van der Waals surface area contributed by atoms with Crippen molar-refractivity contribution in [2.45, 2.75) is 25.2 Å². The third-order valence-corrected chi connectivity index (χ3v) is 2.52. The maximum atomic E-state index is 11.3. The van der Waals surface area contributed by atoms with E-state index >= 15 is 0 Å². The van der Waals surface area contributed by atoms with Crippen molar-refractivity contribution in [3.05, 3.63) is 35.9 Å². The van der Waals surface area contributed by atoms with Crippen LogP contribution in [0.2, 0.25) is 0 Å². The Balaban J connectivity index is 1.85. The predicted molar refractivity (Wildman–Crippen MR) is 56.6 cm³/mol. The van der Waals surface area contributed by atoms with Crippen LogP contribution in [-0.2, 0) is 20.9 Å². The highest BCUT2D eigenvalue weighted by molar-refractivity contribution is 5.76. The monoisotopic (exact) mass is 222 g/mol. The Morgan fingerprint density at radius 2 is 2.12 bits per heavy atom. The van der Waals surface area contributed by atoms with E-state index in [0.29, 0.717) is 13.0 Å². The normalized spacial score (nSPS) is 24.4. The van der Waals surface area contributed by atoms with Gasteiger partial charge in [0.15, 0.2) is 6.10 Å². The highest BCUT2D eigenvalue weighted by Crippen LogP contribution is 2.18. The van der Waals surface area contributed by atoms with Crippen LogP contribution in [0.15, 0.2) is 30.3 Å². The summed E-state index contributed by atoms with van der Waals surface area (Å²) in [7, 11) is 0. The van der Waals surface area contributed by atoms with Crippen molar-refractivity contribution in [1.82, 2.24) is 0 Å². The second-order valence-electron chi connectivity index (χ2n) is 3.76. The minimum atomic E-state index is -0.544. The molecule has 0 saturated carbocycles. The highest BCUT2D eigenvalue weighted by atomic mass is 16.6. The van der Waals surface area contributed by atoms with Gasteiger partial charge in [-0.25, -0.2) is 4.79 Å². The molecule has 0 bridgehead atoms. The van der Waals surface area contributed by atoms with Gasteiger partial charge in [-0.1, -0.05) is 30.3 Å². The molecule has 0 radical (unpaired) electrons. The molecule has 2 rings (SSSR count). The van der Waals surface area contributed by atoms with Crippen LogP contribution in [0, 0.1) is 0 Å². The molecular weight excluding hydrogens is 208 g/mol. The Hall–Kier alpha value is -1.39. The van der Waals surface area contributed by atoms with Gasteiger partial charge >= 0.3 is 5.97 Å². The fourth-order valence-electron chi connectivity index (χ4n) is 1.64. The van der Waals surface area contributed by atoms with Gasteiger partial charge in [0.2, 0.25) is 0 Å². The number of aliphatic hydroxyl groups excluding tert-OH is 1. The first kappa shape index (κ1) is 11.1. The van der Waals surface area contributed by atoms with Gasteiger partial charge in [-0.2, -0.15) is 0 Å². The number of carbonyl (C=O) groups is 1. The quantitative estimate of drug-likeness (QED) is 0.768. The van der Waals surface area contributed by atoms with E-state index in [9.17, 15) is 4.79 Å². The van der Waals surface area contributed by atoms with Gasteiger partial charge in [0.1, 0.15) is 6.10 Å². The number of carbonyl (C=O) groups excluding carboxylic acids is 1. The minimum Gasteiger partial charge on any atom is -0.458 e. The van der Waals surface area contributed by atoms with E-state index in [-0.39, 0.29) is 12.6 Å². The van der Waals surface area contributed by atoms with Crippen molar-refractivity contribution >= 4 is 5.97 Å². The van der Waals surface area contributed by atoms with E-state index in [2.05, 4.69) is 0 Å². The summed E-state index contributed by atoms with van der Waals surface area (Å²) in [4.78, 5) is 11.3. The Morgan fingerprint density at radius 3 is 2.75 bits per heavy atom. The van der Waals surface area contributed by atoms with Crippen molar-refractivity contribution in [1.29, 1.82) is 0 Å². The highest BCUT2D eigenvalue weighted by Gasteiger charge is 2.34. The van der Waals surface area contributed by atoms with Crippen LogP contribution in [0.4, 0.5) is 0 Å². The molecule has 16 heavy (non-hydrogen) atoms. The van der Waals surface area contributed by atoms with E-state index in [1.54, 1.807) is 0 Å². The van der Waals surface area contributed by atoms with E-state index in [1.807, 2.05) is 30.3 Å². The van der Waals surface area contributed by atoms with Crippen LogP contribution in [0.5, 0.6) is 0 Å². The Morgan fingerprint density at radius 1 is 1.38 bits per heavy atom. The number of rotatable bonds is 4. The zero-order chi connectivity index (χ0) is 11.4. The number of ether oxygens (including phenoxy) is 2. The summed E-state index contributed by atoms with van der Waals surface area (Å²) in [5, 5.41) is 8.85. The first-order chi connectivity index (χ1) is 7.79. The third kappa shape index (κ3) is 2.59. The lowest BCUT2D eigenvalue weighted by Gasteiger charge is -2.07. The molecule has 0 spiro atoms. The summed E-state index contributed by atoms with van der Waals surface area (Å²) < 4.78 is 10.3. The standard InChI is InChI=1S/C12H14O4/c13-7-10-6-11(12(14)16-10)15-8-9-4-2-1-3-5-9/h1-5,10-11,13H,6-8H2/t10-,11+/m0/s1. The number of benzene rings is 1. The molecule has 1 N–H and O–H groups in total. The van der Waals surface area contributed by atoms with Gasteiger partial charge in [0, 0.05) is 6.42 Å². The Bertz CT molecular complexity index is 349. The van der Waals surface area contributed by atoms with Crippen LogP contribution < -0.4 is 0 Å². The van der Waals surface area contributed by atoms with Crippen LogP contribution in [0.25, 0.3) is 0 Å². The topological polar surface area (TPSA) is 55.8 Å². The van der Waals surface area contributed by atoms with Crippen molar-refractivity contribution in [2.24, 2.45) is 0 Å². The Kier molecular flexibility index (Phi) is 3.54. The van der Waals surface area contributed by atoms with Gasteiger partial charge in [-0.3, -0.25) is 0 Å². The maximum absolute atomic E-state index is 11.3. The van der Waals surface area contributed by atoms with Crippen molar-refractivity contribution < 1.29 is 19.4 Å². The molecule has 2 atom stereocenters. The first-order valence-corrected chi connectivity index (χ1v) is 5.26. The SMILES string of the molecule is O=C1O[C@H](CO)C[C@H]1OCc1ccccc1. The third-order valence-electron chi connectivity index (χ3n) is 2.52. The molecule has 1 aliphatic heterocycles. The number of hydrogen-bond donors (Lipinski definition) is 1. The lowest BCUT2D eigenvalue weighted by Crippen LogP contribution is -2.18. The number of esters is 1. The number of aliphatic hydroxyl groups is 1. The fourth-order valence-corrected chi connectivity index (χ4v) is 1.64. The largest absolute Gasteiger partial charge is 0.458 e. The molecule has 0 aromatic heterocycles. The van der Waals surface area contributed by atoms with Crippen LogP contribution in [-0.4, -0.2) is 29.9 Å². The molecule has 0 aliphatic carbocycles. The molecule has 4 heteroatoms. The summed E-state index contributed by atoms with van der Waals surface area (Å²) >= 11 is 0. The second-order valence-corrected chi connectivity index (χ2v) is 3.76. The summed E-state index contributed by atoms with van der Waals surface area (Å²) in [5.74, 6) is -0.380. The average molecular weight is 222 g/mol. The molecule has 0 unspecified atom stereocenters. The number of cyclic esters (lactones) is 1. The molecular formula is C12H14O4. The van der Waals surface area contributed by atoms with Crippen LogP contribution in [0.3, 0.4) is 0 Å². The predicted octanol–water partition coefficient (Wildman–Crippen LogP) is 0.880. The van der Waals surface area contributed by atoms with Gasteiger partial charge < -0.3 is 14.6 Å². The summed E-state index contributed by atoms with van der Waals surface area (Å²) in [5.41, 5.74) is 1.02. The summed E-state index contributed by atoms with van der Waals surface area (Å²) in [6.07, 6.45) is -0.520. The van der Waals surface area contributed by atoms with E-state index in [1.165, 1.54) is 0 Å². The average Bonchev–Trinajstić information content (AvgIpc) is 2.69. The molecule has 1 aromatic rings. The van der Waals surface area contributed by atoms with Crippen molar-refractivity contribution in [3.63, 3.8) is 0 Å². The van der Waals surface area contributed by atoms with Crippen LogP contribution in [0.1, 0.15) is 12.0 Å². The zero-order valence-corrected chi connectivity index (χ0v) is 8.83. The van der Waals surface area contributed by atoms with Crippen LogP contribution >= 0.6 is 0 Å². The fraction of sp³-hybridized carbons (Fsp3) is 0.417. The molecule has 1 saturated heterocycles. The molecule has 1 heterocycles. The van der Waals surface area contributed by atoms with E-state index in [4.69, 9.17) is 14.6 Å². The van der Waals surface area contributed by atoms with Gasteiger partial charge in [-0.05, 0) is 5.56 Å². The van der Waals surface area contributed by atoms with Crippen molar-refractivity contribution in [3.8, 4) is 0 Å². The minimum absolute atomic E-state index is 0.142. The summed E-state index contributed by atoms with van der Waals surface area (Å²) in [6, 6.07) is 9.63. The van der Waals surface area contributed by atoms with Gasteiger partial charge in [0.05, 0.1) is 13.2 Å². The molecule has 86 valence electrons. The van der Waals surface area contributed by atoms with Gasteiger partial charge in [0.25, 0.3) is 0 Å². The van der Waals surface area contributed by atoms with E-state index in [0.717, 1.165) is 5.56 Å². The molecule has 1 fully saturated rings. The lowest BCUT2D eigenvalue weighted by molar-refractivity contribution is -0.151. The van der Waals surface area contributed by atoms with E-state index < -0.39 is 12.2 Å². The molecule has 4 nitrogen and oxygen atoms in total. The summed E-state index contributed by atoms with van der Waals surface area (Å²) in [6.45, 7) is 0.246. The first-order valence-electron chi connectivity index (χ1n) is 5.26.